The fourth-order valence-electron chi connectivity index (χ4n) is 3.33. The number of pyridine rings is 1. The zero-order valence-corrected chi connectivity index (χ0v) is 16.2. The summed E-state index contributed by atoms with van der Waals surface area (Å²) in [6, 6.07) is 19.8. The van der Waals surface area contributed by atoms with Gasteiger partial charge in [0.25, 0.3) is 5.91 Å². The molecule has 156 valence electrons. The molecule has 7 heteroatoms. The lowest BCUT2D eigenvalue weighted by atomic mass is 10.0. The number of alkyl halides is 3. The van der Waals surface area contributed by atoms with Crippen LogP contribution >= 0.6 is 0 Å². The molecule has 0 fully saturated rings. The van der Waals surface area contributed by atoms with Gasteiger partial charge in [-0.25, -0.2) is 0 Å². The minimum absolute atomic E-state index is 0.207. The van der Waals surface area contributed by atoms with Crippen LogP contribution in [0.25, 0.3) is 10.8 Å². The van der Waals surface area contributed by atoms with Crippen LogP contribution in [0.3, 0.4) is 0 Å². The van der Waals surface area contributed by atoms with Gasteiger partial charge < -0.3 is 10.6 Å². The van der Waals surface area contributed by atoms with Crippen LogP contribution in [0.5, 0.6) is 0 Å². The van der Waals surface area contributed by atoms with Crippen molar-refractivity contribution < 1.29 is 18.0 Å². The maximum atomic E-state index is 13.3. The molecular weight excluding hydrogens is 403 g/mol. The van der Waals surface area contributed by atoms with Crippen molar-refractivity contribution >= 4 is 28.1 Å². The normalized spacial score (nSPS) is 12.4. The summed E-state index contributed by atoms with van der Waals surface area (Å²) in [5.41, 5.74) is 0.561. The van der Waals surface area contributed by atoms with Crippen molar-refractivity contribution in [3.8, 4) is 0 Å². The first-order valence-corrected chi connectivity index (χ1v) is 9.54. The van der Waals surface area contributed by atoms with Crippen molar-refractivity contribution in [1.82, 2.24) is 4.98 Å². The number of aromatic nitrogens is 1. The van der Waals surface area contributed by atoms with Gasteiger partial charge in [0, 0.05) is 34.5 Å². The van der Waals surface area contributed by atoms with Gasteiger partial charge in [0.05, 0.1) is 5.56 Å². The van der Waals surface area contributed by atoms with Crippen molar-refractivity contribution in [1.29, 1.82) is 0 Å². The number of nitrogens with zero attached hydrogens (tertiary/aromatic N) is 1. The predicted octanol–water partition coefficient (Wildman–Crippen LogP) is 6.05. The Bertz CT molecular complexity index is 1200. The van der Waals surface area contributed by atoms with Crippen molar-refractivity contribution in [2.45, 2.75) is 12.2 Å². The number of para-hydroxylation sites is 1. The number of fused-ring (bicyclic) bond motifs is 1. The lowest BCUT2D eigenvalue weighted by molar-refractivity contribution is -0.137. The molecule has 0 saturated heterocycles. The Morgan fingerprint density at radius 1 is 0.903 bits per heavy atom. The standard InChI is InChI=1S/C24H18F3N3O/c25-24(26,27)18-8-4-6-16(14-18)22(29-19-9-2-1-3-10-19)23(31)30-21-11-5-7-17-15-28-13-12-20(17)21/h1-15,22,29H,(H,30,31). The average Bonchev–Trinajstić information content (AvgIpc) is 2.78. The maximum absolute atomic E-state index is 13.3. The summed E-state index contributed by atoms with van der Waals surface area (Å²) in [4.78, 5) is 17.3. The SMILES string of the molecule is O=C(Nc1cccc2cnccc12)C(Nc1ccccc1)c1cccc(C(F)(F)F)c1. The number of amides is 1. The molecule has 3 aromatic carbocycles. The Kier molecular flexibility index (Phi) is 5.58. The quantitative estimate of drug-likeness (QED) is 0.413. The Morgan fingerprint density at radius 3 is 2.45 bits per heavy atom. The lowest BCUT2D eigenvalue weighted by Gasteiger charge is -2.21. The van der Waals surface area contributed by atoms with Gasteiger partial charge >= 0.3 is 6.18 Å². The van der Waals surface area contributed by atoms with Crippen molar-refractivity contribution in [3.63, 3.8) is 0 Å². The largest absolute Gasteiger partial charge is 0.416 e. The molecule has 4 nitrogen and oxygen atoms in total. The van der Waals surface area contributed by atoms with Gasteiger partial charge in [0.2, 0.25) is 0 Å². The van der Waals surface area contributed by atoms with E-state index in [1.807, 2.05) is 12.1 Å². The van der Waals surface area contributed by atoms with Crippen molar-refractivity contribution in [3.05, 3.63) is 102 Å². The van der Waals surface area contributed by atoms with E-state index in [4.69, 9.17) is 0 Å². The highest BCUT2D eigenvalue weighted by Gasteiger charge is 2.32. The van der Waals surface area contributed by atoms with E-state index in [0.717, 1.165) is 22.9 Å². The summed E-state index contributed by atoms with van der Waals surface area (Å²) in [7, 11) is 0. The van der Waals surface area contributed by atoms with E-state index >= 15 is 0 Å². The summed E-state index contributed by atoms with van der Waals surface area (Å²) in [5.74, 6) is -0.479. The van der Waals surface area contributed by atoms with E-state index in [1.165, 1.54) is 12.1 Å². The molecule has 1 amide bonds. The molecule has 1 heterocycles. The second kappa shape index (κ2) is 8.47. The number of nitrogens with one attached hydrogen (secondary N) is 2. The van der Waals surface area contributed by atoms with Gasteiger partial charge in [0.15, 0.2) is 0 Å². The molecular formula is C24H18F3N3O. The van der Waals surface area contributed by atoms with Gasteiger partial charge in [-0.2, -0.15) is 13.2 Å². The number of hydrogen-bond acceptors (Lipinski definition) is 3. The number of halogens is 3. The third-order valence-corrected chi connectivity index (χ3v) is 4.83. The molecule has 0 aliphatic carbocycles. The van der Waals surface area contributed by atoms with E-state index in [-0.39, 0.29) is 5.56 Å². The number of benzene rings is 3. The van der Waals surface area contributed by atoms with E-state index in [9.17, 15) is 18.0 Å². The molecule has 0 aliphatic heterocycles. The van der Waals surface area contributed by atoms with E-state index in [0.29, 0.717) is 11.4 Å². The Balaban J connectivity index is 1.71. The highest BCUT2D eigenvalue weighted by Crippen LogP contribution is 2.32. The topological polar surface area (TPSA) is 54.0 Å². The van der Waals surface area contributed by atoms with Crippen LogP contribution in [0.15, 0.2) is 91.3 Å². The number of hydrogen-bond donors (Lipinski definition) is 2. The highest BCUT2D eigenvalue weighted by molar-refractivity contribution is 6.04. The highest BCUT2D eigenvalue weighted by atomic mass is 19.4. The molecule has 0 saturated carbocycles. The van der Waals surface area contributed by atoms with Crippen LogP contribution in [0.4, 0.5) is 24.5 Å². The molecule has 0 spiro atoms. The average molecular weight is 421 g/mol. The van der Waals surface area contributed by atoms with Crippen molar-refractivity contribution in [2.75, 3.05) is 10.6 Å². The summed E-state index contributed by atoms with van der Waals surface area (Å²) in [5, 5.41) is 7.53. The summed E-state index contributed by atoms with van der Waals surface area (Å²) in [6.45, 7) is 0. The third-order valence-electron chi connectivity index (χ3n) is 4.83. The summed E-state index contributed by atoms with van der Waals surface area (Å²) < 4.78 is 39.8. The van der Waals surface area contributed by atoms with Crippen LogP contribution in [0.2, 0.25) is 0 Å². The summed E-state index contributed by atoms with van der Waals surface area (Å²) in [6.07, 6.45) is -1.21. The zero-order chi connectivity index (χ0) is 21.8. The molecule has 0 radical (unpaired) electrons. The van der Waals surface area contributed by atoms with Gasteiger partial charge in [-0.3, -0.25) is 9.78 Å². The van der Waals surface area contributed by atoms with E-state index < -0.39 is 23.7 Å². The molecule has 31 heavy (non-hydrogen) atoms. The Hall–Kier alpha value is -3.87. The van der Waals surface area contributed by atoms with Crippen molar-refractivity contribution in [2.24, 2.45) is 0 Å². The van der Waals surface area contributed by atoms with Crippen LogP contribution in [-0.2, 0) is 11.0 Å². The summed E-state index contributed by atoms with van der Waals surface area (Å²) >= 11 is 0. The number of carbonyl (C=O) groups is 1. The Labute approximate surface area is 176 Å². The molecule has 1 atom stereocenters. The molecule has 4 aromatic rings. The molecule has 4 rings (SSSR count). The maximum Gasteiger partial charge on any atom is 0.416 e. The molecule has 2 N–H and O–H groups in total. The fraction of sp³-hybridized carbons (Fsp3) is 0.0833. The number of carbonyl (C=O) groups excluding carboxylic acids is 1. The molecule has 1 aromatic heterocycles. The first kappa shape index (κ1) is 20.4. The zero-order valence-electron chi connectivity index (χ0n) is 16.2. The molecule has 1 unspecified atom stereocenters. The van der Waals surface area contributed by atoms with Gasteiger partial charge in [0.1, 0.15) is 6.04 Å². The van der Waals surface area contributed by atoms with E-state index in [1.54, 1.807) is 54.9 Å². The first-order chi connectivity index (χ1) is 14.9. The van der Waals surface area contributed by atoms with Crippen LogP contribution in [0.1, 0.15) is 17.2 Å². The number of rotatable bonds is 5. The van der Waals surface area contributed by atoms with Crippen LogP contribution in [-0.4, -0.2) is 10.9 Å². The smallest absolute Gasteiger partial charge is 0.370 e. The first-order valence-electron chi connectivity index (χ1n) is 9.54. The van der Waals surface area contributed by atoms with E-state index in [2.05, 4.69) is 15.6 Å². The molecule has 0 aliphatic rings. The minimum Gasteiger partial charge on any atom is -0.370 e. The lowest BCUT2D eigenvalue weighted by Crippen LogP contribution is -2.27. The van der Waals surface area contributed by atoms with Gasteiger partial charge in [-0.15, -0.1) is 0 Å². The third kappa shape index (κ3) is 4.66. The monoisotopic (exact) mass is 421 g/mol. The number of anilines is 2. The van der Waals surface area contributed by atoms with Crippen LogP contribution < -0.4 is 10.6 Å². The second-order valence-corrected chi connectivity index (χ2v) is 6.96. The van der Waals surface area contributed by atoms with Gasteiger partial charge in [-0.1, -0.05) is 42.5 Å². The predicted molar refractivity (Wildman–Crippen MR) is 115 cm³/mol. The second-order valence-electron chi connectivity index (χ2n) is 6.96. The van der Waals surface area contributed by atoms with Gasteiger partial charge in [-0.05, 0) is 42.0 Å². The minimum atomic E-state index is -4.51. The molecule has 0 bridgehead atoms. The van der Waals surface area contributed by atoms with Crippen LogP contribution in [0, 0.1) is 0 Å². The Morgan fingerprint density at radius 2 is 1.68 bits per heavy atom. The fourth-order valence-corrected chi connectivity index (χ4v) is 3.33.